The van der Waals surface area contributed by atoms with Crippen LogP contribution in [-0.2, 0) is 16.4 Å². The fourth-order valence-electron chi connectivity index (χ4n) is 2.35. The predicted octanol–water partition coefficient (Wildman–Crippen LogP) is 2.36. The number of nitrogens with one attached hydrogen (secondary N) is 2. The maximum atomic E-state index is 12.4. The molecule has 0 radical (unpaired) electrons. The number of benzene rings is 2. The van der Waals surface area contributed by atoms with Gasteiger partial charge in [-0.2, -0.15) is 0 Å². The first-order valence-corrected chi connectivity index (χ1v) is 9.95. The third kappa shape index (κ3) is 5.57. The molecule has 140 valence electrons. The summed E-state index contributed by atoms with van der Waals surface area (Å²) in [5.41, 5.74) is 1.33. The van der Waals surface area contributed by atoms with E-state index in [2.05, 4.69) is 10.0 Å². The second-order valence-electron chi connectivity index (χ2n) is 5.78. The summed E-state index contributed by atoms with van der Waals surface area (Å²) in [7, 11) is -2.08. The molecule has 1 amide bonds. The first kappa shape index (κ1) is 19.9. The molecule has 0 aliphatic heterocycles. The summed E-state index contributed by atoms with van der Waals surface area (Å²) in [5.74, 6) is 0.481. The number of carbonyl (C=O) groups is 1. The van der Waals surface area contributed by atoms with Crippen molar-refractivity contribution in [3.63, 3.8) is 0 Å². The van der Waals surface area contributed by atoms with E-state index in [-0.39, 0.29) is 17.3 Å². The van der Waals surface area contributed by atoms with Crippen LogP contribution < -0.4 is 14.8 Å². The molecular weight excluding hydrogens is 352 g/mol. The van der Waals surface area contributed by atoms with Crippen LogP contribution in [0.5, 0.6) is 5.75 Å². The number of hydrogen-bond donors (Lipinski definition) is 2. The maximum absolute atomic E-state index is 12.4. The SMILES string of the molecule is CCCNC(=O)c1cccc(S(=O)(=O)NCCc2ccc(OC)cc2)c1. The smallest absolute Gasteiger partial charge is 0.251 e. The molecule has 0 unspecified atom stereocenters. The molecule has 0 saturated heterocycles. The van der Waals surface area contributed by atoms with Crippen molar-refractivity contribution in [2.45, 2.75) is 24.7 Å². The molecule has 0 aliphatic carbocycles. The van der Waals surface area contributed by atoms with Crippen molar-refractivity contribution in [2.75, 3.05) is 20.2 Å². The Labute approximate surface area is 154 Å². The van der Waals surface area contributed by atoms with Gasteiger partial charge in [-0.05, 0) is 48.7 Å². The van der Waals surface area contributed by atoms with E-state index in [0.29, 0.717) is 18.5 Å². The summed E-state index contributed by atoms with van der Waals surface area (Å²) >= 11 is 0. The molecule has 2 aromatic rings. The van der Waals surface area contributed by atoms with E-state index in [1.54, 1.807) is 19.2 Å². The first-order chi connectivity index (χ1) is 12.5. The number of sulfonamides is 1. The molecule has 6 nitrogen and oxygen atoms in total. The summed E-state index contributed by atoms with van der Waals surface area (Å²) in [6, 6.07) is 13.5. The van der Waals surface area contributed by atoms with Gasteiger partial charge in [0, 0.05) is 18.7 Å². The Balaban J connectivity index is 1.99. The monoisotopic (exact) mass is 376 g/mol. The van der Waals surface area contributed by atoms with Crippen LogP contribution in [0.3, 0.4) is 0 Å². The van der Waals surface area contributed by atoms with Gasteiger partial charge in [-0.3, -0.25) is 4.79 Å². The molecule has 2 N–H and O–H groups in total. The topological polar surface area (TPSA) is 84.5 Å². The lowest BCUT2D eigenvalue weighted by Crippen LogP contribution is -2.27. The van der Waals surface area contributed by atoms with Gasteiger partial charge in [0.2, 0.25) is 10.0 Å². The third-order valence-electron chi connectivity index (χ3n) is 3.81. The Hall–Kier alpha value is -2.38. The van der Waals surface area contributed by atoms with Gasteiger partial charge in [0.1, 0.15) is 5.75 Å². The molecule has 0 saturated carbocycles. The number of methoxy groups -OCH3 is 1. The number of amides is 1. The second kappa shape index (κ2) is 9.35. The lowest BCUT2D eigenvalue weighted by molar-refractivity contribution is 0.0953. The van der Waals surface area contributed by atoms with Crippen molar-refractivity contribution in [3.8, 4) is 5.75 Å². The normalized spacial score (nSPS) is 11.2. The summed E-state index contributed by atoms with van der Waals surface area (Å²) in [5, 5.41) is 2.74. The number of carbonyl (C=O) groups excluding carboxylic acids is 1. The van der Waals surface area contributed by atoms with Crippen LogP contribution in [0.1, 0.15) is 29.3 Å². The first-order valence-electron chi connectivity index (χ1n) is 8.47. The highest BCUT2D eigenvalue weighted by Gasteiger charge is 2.15. The Bertz CT molecular complexity index is 833. The molecule has 26 heavy (non-hydrogen) atoms. The second-order valence-corrected chi connectivity index (χ2v) is 7.55. The molecular formula is C19H24N2O4S. The van der Waals surface area contributed by atoms with E-state index in [0.717, 1.165) is 17.7 Å². The van der Waals surface area contributed by atoms with E-state index >= 15 is 0 Å². The van der Waals surface area contributed by atoms with Gasteiger partial charge in [0.25, 0.3) is 5.91 Å². The van der Waals surface area contributed by atoms with Crippen molar-refractivity contribution in [1.82, 2.24) is 10.0 Å². The van der Waals surface area contributed by atoms with Crippen LogP contribution in [0.4, 0.5) is 0 Å². The highest BCUT2D eigenvalue weighted by Crippen LogP contribution is 2.13. The lowest BCUT2D eigenvalue weighted by Gasteiger charge is -2.09. The van der Waals surface area contributed by atoms with Gasteiger partial charge in [-0.15, -0.1) is 0 Å². The van der Waals surface area contributed by atoms with E-state index in [1.165, 1.54) is 12.1 Å². The summed E-state index contributed by atoms with van der Waals surface area (Å²) < 4.78 is 32.6. The standard InChI is InChI=1S/C19H24N2O4S/c1-3-12-20-19(22)16-5-4-6-18(14-16)26(23,24)21-13-11-15-7-9-17(25-2)10-8-15/h4-10,14,21H,3,11-13H2,1-2H3,(H,20,22). The molecule has 0 bridgehead atoms. The minimum Gasteiger partial charge on any atom is -0.497 e. The largest absolute Gasteiger partial charge is 0.497 e. The van der Waals surface area contributed by atoms with Crippen LogP contribution in [-0.4, -0.2) is 34.5 Å². The maximum Gasteiger partial charge on any atom is 0.251 e. The minimum absolute atomic E-state index is 0.0800. The van der Waals surface area contributed by atoms with Gasteiger partial charge in [0.05, 0.1) is 12.0 Å². The zero-order chi connectivity index (χ0) is 19.0. The lowest BCUT2D eigenvalue weighted by atomic mass is 10.1. The van der Waals surface area contributed by atoms with Gasteiger partial charge >= 0.3 is 0 Å². The fourth-order valence-corrected chi connectivity index (χ4v) is 3.43. The van der Waals surface area contributed by atoms with Gasteiger partial charge in [-0.25, -0.2) is 13.1 Å². The number of rotatable bonds is 9. The highest BCUT2D eigenvalue weighted by atomic mass is 32.2. The average molecular weight is 376 g/mol. The molecule has 0 aliphatic rings. The van der Waals surface area contributed by atoms with Crippen LogP contribution in [0.2, 0.25) is 0 Å². The summed E-state index contributed by atoms with van der Waals surface area (Å²) in [6.45, 7) is 2.77. The van der Waals surface area contributed by atoms with Crippen LogP contribution >= 0.6 is 0 Å². The van der Waals surface area contributed by atoms with E-state index in [9.17, 15) is 13.2 Å². The molecule has 0 heterocycles. The Morgan fingerprint density at radius 2 is 1.81 bits per heavy atom. The van der Waals surface area contributed by atoms with Crippen molar-refractivity contribution in [1.29, 1.82) is 0 Å². The van der Waals surface area contributed by atoms with E-state index < -0.39 is 10.0 Å². The van der Waals surface area contributed by atoms with Crippen LogP contribution in [0.15, 0.2) is 53.4 Å². The van der Waals surface area contributed by atoms with Crippen LogP contribution in [0.25, 0.3) is 0 Å². The van der Waals surface area contributed by atoms with Crippen molar-refractivity contribution in [3.05, 3.63) is 59.7 Å². The average Bonchev–Trinajstić information content (AvgIpc) is 2.66. The van der Waals surface area contributed by atoms with Crippen molar-refractivity contribution >= 4 is 15.9 Å². The highest BCUT2D eigenvalue weighted by molar-refractivity contribution is 7.89. The Morgan fingerprint density at radius 3 is 2.46 bits per heavy atom. The van der Waals surface area contributed by atoms with E-state index in [4.69, 9.17) is 4.74 Å². The van der Waals surface area contributed by atoms with Crippen molar-refractivity contribution in [2.24, 2.45) is 0 Å². The van der Waals surface area contributed by atoms with Gasteiger partial charge < -0.3 is 10.1 Å². The van der Waals surface area contributed by atoms with Gasteiger partial charge in [-0.1, -0.05) is 25.1 Å². The molecule has 7 heteroatoms. The van der Waals surface area contributed by atoms with E-state index in [1.807, 2.05) is 31.2 Å². The molecule has 0 atom stereocenters. The zero-order valence-corrected chi connectivity index (χ0v) is 15.8. The van der Waals surface area contributed by atoms with Crippen LogP contribution in [0, 0.1) is 0 Å². The third-order valence-corrected chi connectivity index (χ3v) is 5.27. The summed E-state index contributed by atoms with van der Waals surface area (Å²) in [4.78, 5) is 12.1. The predicted molar refractivity (Wildman–Crippen MR) is 101 cm³/mol. The molecule has 2 aromatic carbocycles. The summed E-state index contributed by atoms with van der Waals surface area (Å²) in [6.07, 6.45) is 1.37. The Kier molecular flexibility index (Phi) is 7.17. The fraction of sp³-hybridized carbons (Fsp3) is 0.316. The molecule has 2 rings (SSSR count). The number of ether oxygens (including phenoxy) is 1. The number of hydrogen-bond acceptors (Lipinski definition) is 4. The molecule has 0 fully saturated rings. The Morgan fingerprint density at radius 1 is 1.08 bits per heavy atom. The quantitative estimate of drug-likeness (QED) is 0.704. The van der Waals surface area contributed by atoms with Crippen molar-refractivity contribution < 1.29 is 17.9 Å². The molecule has 0 aromatic heterocycles. The van der Waals surface area contributed by atoms with Gasteiger partial charge in [0.15, 0.2) is 0 Å². The molecule has 0 spiro atoms. The minimum atomic E-state index is -3.67. The zero-order valence-electron chi connectivity index (χ0n) is 15.0.